The van der Waals surface area contributed by atoms with Crippen LogP contribution in [0.15, 0.2) is 53.9 Å². The maximum absolute atomic E-state index is 12.1. The summed E-state index contributed by atoms with van der Waals surface area (Å²) in [5.74, 6) is 0.0643. The Bertz CT molecular complexity index is 1000. The molecular weight excluding hydrogens is 400 g/mol. The number of benzene rings is 2. The largest absolute Gasteiger partial charge is 0.482 e. The summed E-state index contributed by atoms with van der Waals surface area (Å²) in [4.78, 5) is 28.3. The average Bonchev–Trinajstić information content (AvgIpc) is 3.19. The van der Waals surface area contributed by atoms with E-state index < -0.39 is 5.97 Å². The van der Waals surface area contributed by atoms with Crippen LogP contribution in [0.25, 0.3) is 0 Å². The van der Waals surface area contributed by atoms with E-state index in [9.17, 15) is 9.59 Å². The van der Waals surface area contributed by atoms with Crippen molar-refractivity contribution in [2.24, 2.45) is 0 Å². The fraction of sp³-hybridized carbons (Fsp3) is 0.261. The first-order chi connectivity index (χ1) is 14.5. The summed E-state index contributed by atoms with van der Waals surface area (Å²) in [6.45, 7) is 4.37. The van der Waals surface area contributed by atoms with Crippen LogP contribution in [0.1, 0.15) is 27.4 Å². The number of hydrogen-bond acceptors (Lipinski definition) is 6. The number of thiazole rings is 1. The zero-order chi connectivity index (χ0) is 21.3. The number of rotatable bonds is 9. The lowest BCUT2D eigenvalue weighted by Gasteiger charge is -2.08. The first-order valence-corrected chi connectivity index (χ1v) is 10.5. The number of ether oxygens (including phenoxy) is 2. The number of carbonyl (C=O) groups is 2. The topological polar surface area (TPSA) is 77.5 Å². The van der Waals surface area contributed by atoms with Gasteiger partial charge >= 0.3 is 5.97 Å². The van der Waals surface area contributed by atoms with Gasteiger partial charge in [-0.15, -0.1) is 11.3 Å². The van der Waals surface area contributed by atoms with Gasteiger partial charge < -0.3 is 14.8 Å². The van der Waals surface area contributed by atoms with E-state index in [2.05, 4.69) is 10.3 Å². The Morgan fingerprint density at radius 2 is 1.87 bits per heavy atom. The SMILES string of the molecule is Cc1ccc(OCC(=O)OCc2csc(CC(=O)NCc3ccccc3)n2)cc1C. The van der Waals surface area contributed by atoms with Gasteiger partial charge in [0, 0.05) is 11.9 Å². The van der Waals surface area contributed by atoms with Gasteiger partial charge in [0.2, 0.25) is 5.91 Å². The summed E-state index contributed by atoms with van der Waals surface area (Å²) in [6, 6.07) is 15.4. The van der Waals surface area contributed by atoms with Gasteiger partial charge in [0.15, 0.2) is 6.61 Å². The molecule has 0 bridgehead atoms. The Labute approximate surface area is 179 Å². The van der Waals surface area contributed by atoms with Crippen molar-refractivity contribution in [1.82, 2.24) is 10.3 Å². The van der Waals surface area contributed by atoms with Gasteiger partial charge in [0.1, 0.15) is 17.4 Å². The van der Waals surface area contributed by atoms with E-state index in [1.165, 1.54) is 11.3 Å². The van der Waals surface area contributed by atoms with Gasteiger partial charge in [-0.3, -0.25) is 4.79 Å². The molecule has 6 nitrogen and oxygen atoms in total. The third-order valence-electron chi connectivity index (χ3n) is 4.46. The van der Waals surface area contributed by atoms with E-state index in [1.807, 2.05) is 62.4 Å². The summed E-state index contributed by atoms with van der Waals surface area (Å²) < 4.78 is 10.7. The number of carbonyl (C=O) groups excluding carboxylic acids is 2. The summed E-state index contributed by atoms with van der Waals surface area (Å²) in [6.07, 6.45) is 0.196. The van der Waals surface area contributed by atoms with Crippen molar-refractivity contribution in [1.29, 1.82) is 0 Å². The van der Waals surface area contributed by atoms with Crippen molar-refractivity contribution in [2.45, 2.75) is 33.4 Å². The van der Waals surface area contributed by atoms with E-state index in [-0.39, 0.29) is 25.5 Å². The minimum Gasteiger partial charge on any atom is -0.482 e. The smallest absolute Gasteiger partial charge is 0.344 e. The highest BCUT2D eigenvalue weighted by atomic mass is 32.1. The molecule has 1 heterocycles. The van der Waals surface area contributed by atoms with Gasteiger partial charge in [-0.1, -0.05) is 36.4 Å². The predicted octanol–water partition coefficient (Wildman–Crippen LogP) is 3.74. The second-order valence-electron chi connectivity index (χ2n) is 6.87. The van der Waals surface area contributed by atoms with Crippen LogP contribution < -0.4 is 10.1 Å². The van der Waals surface area contributed by atoms with Gasteiger partial charge in [-0.2, -0.15) is 0 Å². The molecule has 0 atom stereocenters. The number of amides is 1. The second kappa shape index (κ2) is 10.5. The molecule has 2 aromatic carbocycles. The van der Waals surface area contributed by atoms with Crippen LogP contribution >= 0.6 is 11.3 Å². The molecular formula is C23H24N2O4S. The summed E-state index contributed by atoms with van der Waals surface area (Å²) in [7, 11) is 0. The molecule has 30 heavy (non-hydrogen) atoms. The van der Waals surface area contributed by atoms with Crippen molar-refractivity contribution in [3.8, 4) is 5.75 Å². The fourth-order valence-corrected chi connectivity index (χ4v) is 3.41. The first-order valence-electron chi connectivity index (χ1n) is 9.59. The lowest BCUT2D eigenvalue weighted by Crippen LogP contribution is -2.24. The number of aryl methyl sites for hydroxylation is 2. The maximum Gasteiger partial charge on any atom is 0.344 e. The zero-order valence-corrected chi connectivity index (χ0v) is 17.8. The van der Waals surface area contributed by atoms with E-state index in [1.54, 1.807) is 5.38 Å². The molecule has 3 rings (SSSR count). The molecule has 0 aliphatic carbocycles. The molecule has 156 valence electrons. The molecule has 1 amide bonds. The summed E-state index contributed by atoms with van der Waals surface area (Å²) in [5.41, 5.74) is 3.92. The highest BCUT2D eigenvalue weighted by Crippen LogP contribution is 2.16. The molecule has 0 aliphatic heterocycles. The van der Waals surface area contributed by atoms with Crippen LogP contribution in [0.3, 0.4) is 0 Å². The second-order valence-corrected chi connectivity index (χ2v) is 7.81. The standard InChI is InChI=1S/C23H24N2O4S/c1-16-8-9-20(10-17(16)2)28-14-23(27)29-13-19-15-30-22(25-19)11-21(26)24-12-18-6-4-3-5-7-18/h3-10,15H,11-14H2,1-2H3,(H,24,26). The van der Waals surface area contributed by atoms with Crippen molar-refractivity contribution in [3.05, 3.63) is 81.3 Å². The van der Waals surface area contributed by atoms with Crippen molar-refractivity contribution >= 4 is 23.2 Å². The van der Waals surface area contributed by atoms with E-state index in [0.29, 0.717) is 23.0 Å². The Hall–Kier alpha value is -3.19. The number of nitrogens with one attached hydrogen (secondary N) is 1. The molecule has 1 aromatic heterocycles. The molecule has 0 radical (unpaired) electrons. The van der Waals surface area contributed by atoms with Crippen LogP contribution in [0, 0.1) is 13.8 Å². The van der Waals surface area contributed by atoms with Crippen molar-refractivity contribution in [3.63, 3.8) is 0 Å². The molecule has 0 aliphatic rings. The van der Waals surface area contributed by atoms with Crippen molar-refractivity contribution < 1.29 is 19.1 Å². The highest BCUT2D eigenvalue weighted by molar-refractivity contribution is 7.09. The molecule has 0 saturated carbocycles. The minimum atomic E-state index is -0.469. The third kappa shape index (κ3) is 6.70. The van der Waals surface area contributed by atoms with E-state index in [4.69, 9.17) is 9.47 Å². The van der Waals surface area contributed by atoms with Crippen LogP contribution in [-0.2, 0) is 33.9 Å². The van der Waals surface area contributed by atoms with Crippen LogP contribution in [-0.4, -0.2) is 23.5 Å². The molecule has 1 N–H and O–H groups in total. The lowest BCUT2D eigenvalue weighted by atomic mass is 10.1. The maximum atomic E-state index is 12.1. The normalized spacial score (nSPS) is 10.5. The number of aromatic nitrogens is 1. The molecule has 7 heteroatoms. The van der Waals surface area contributed by atoms with E-state index in [0.717, 1.165) is 16.7 Å². The van der Waals surface area contributed by atoms with Gasteiger partial charge in [-0.25, -0.2) is 9.78 Å². The van der Waals surface area contributed by atoms with Gasteiger partial charge in [0.25, 0.3) is 0 Å². The van der Waals surface area contributed by atoms with Gasteiger partial charge in [-0.05, 0) is 42.7 Å². The third-order valence-corrected chi connectivity index (χ3v) is 5.36. The number of nitrogens with zero attached hydrogens (tertiary/aromatic N) is 1. The minimum absolute atomic E-state index is 0.0528. The molecule has 0 saturated heterocycles. The summed E-state index contributed by atoms with van der Waals surface area (Å²) >= 11 is 1.37. The van der Waals surface area contributed by atoms with E-state index >= 15 is 0 Å². The Morgan fingerprint density at radius 3 is 2.63 bits per heavy atom. The lowest BCUT2D eigenvalue weighted by molar-refractivity contribution is -0.147. The summed E-state index contributed by atoms with van der Waals surface area (Å²) in [5, 5.41) is 5.34. The molecule has 0 unspecified atom stereocenters. The Kier molecular flexibility index (Phi) is 7.57. The Balaban J connectivity index is 1.38. The Morgan fingerprint density at radius 1 is 1.07 bits per heavy atom. The van der Waals surface area contributed by atoms with Crippen LogP contribution in [0.2, 0.25) is 0 Å². The average molecular weight is 425 g/mol. The number of hydrogen-bond donors (Lipinski definition) is 1. The van der Waals surface area contributed by atoms with Crippen LogP contribution in [0.5, 0.6) is 5.75 Å². The molecule has 0 spiro atoms. The van der Waals surface area contributed by atoms with Crippen molar-refractivity contribution in [2.75, 3.05) is 6.61 Å². The highest BCUT2D eigenvalue weighted by Gasteiger charge is 2.10. The fourth-order valence-electron chi connectivity index (χ4n) is 2.63. The number of esters is 1. The first kappa shape index (κ1) is 21.5. The molecule has 0 fully saturated rings. The quantitative estimate of drug-likeness (QED) is 0.530. The zero-order valence-electron chi connectivity index (χ0n) is 17.0. The van der Waals surface area contributed by atoms with Crippen LogP contribution in [0.4, 0.5) is 0 Å². The monoisotopic (exact) mass is 424 g/mol. The molecule has 3 aromatic rings. The van der Waals surface area contributed by atoms with Gasteiger partial charge in [0.05, 0.1) is 12.1 Å². The predicted molar refractivity (Wildman–Crippen MR) is 115 cm³/mol.